The van der Waals surface area contributed by atoms with E-state index in [9.17, 15) is 9.90 Å². The molecular weight excluding hydrogens is 282 g/mol. The fraction of sp³-hybridized carbons (Fsp3) is 0.588. The van der Waals surface area contributed by atoms with Gasteiger partial charge in [0, 0.05) is 31.3 Å². The lowest BCUT2D eigenvalue weighted by molar-refractivity contribution is 0.101. The van der Waals surface area contributed by atoms with E-state index in [0.29, 0.717) is 37.1 Å². The largest absolute Gasteiger partial charge is 0.507 e. The van der Waals surface area contributed by atoms with Crippen molar-refractivity contribution in [1.29, 1.82) is 0 Å². The fourth-order valence-electron chi connectivity index (χ4n) is 3.01. The molecule has 0 saturated carbocycles. The summed E-state index contributed by atoms with van der Waals surface area (Å²) < 4.78 is 10.9. The van der Waals surface area contributed by atoms with Gasteiger partial charge in [-0.05, 0) is 39.3 Å². The summed E-state index contributed by atoms with van der Waals surface area (Å²) in [7, 11) is 1.72. The smallest absolute Gasteiger partial charge is 0.163 e. The van der Waals surface area contributed by atoms with Crippen LogP contribution in [-0.2, 0) is 11.3 Å². The van der Waals surface area contributed by atoms with Crippen LogP contribution in [0.3, 0.4) is 0 Å². The molecule has 1 saturated heterocycles. The van der Waals surface area contributed by atoms with E-state index in [1.54, 1.807) is 19.2 Å². The van der Waals surface area contributed by atoms with Gasteiger partial charge in [-0.3, -0.25) is 9.69 Å². The highest BCUT2D eigenvalue weighted by atomic mass is 16.5. The molecule has 0 amide bonds. The molecule has 1 heterocycles. The molecule has 22 heavy (non-hydrogen) atoms. The zero-order valence-electron chi connectivity index (χ0n) is 13.6. The van der Waals surface area contributed by atoms with Crippen molar-refractivity contribution in [2.45, 2.75) is 39.3 Å². The number of carbonyl (C=O) groups excluding carboxylic acids is 1. The topological polar surface area (TPSA) is 59.0 Å². The Kier molecular flexibility index (Phi) is 5.80. The standard InChI is InChI=1S/C17H25NO4/c1-4-22-17-9-16(20)15(12(2)19)8-13(17)10-18-7-5-6-14(18)11-21-3/h8-9,14,20H,4-7,10-11H2,1-3H3/t14-/m0/s1. The van der Waals surface area contributed by atoms with E-state index in [1.807, 2.05) is 6.92 Å². The summed E-state index contributed by atoms with van der Waals surface area (Å²) in [6.07, 6.45) is 2.27. The quantitative estimate of drug-likeness (QED) is 0.785. The van der Waals surface area contributed by atoms with Crippen molar-refractivity contribution < 1.29 is 19.4 Å². The first kappa shape index (κ1) is 16.8. The Bertz CT molecular complexity index is 530. The van der Waals surface area contributed by atoms with Gasteiger partial charge >= 0.3 is 0 Å². The maximum absolute atomic E-state index is 11.7. The van der Waals surface area contributed by atoms with Gasteiger partial charge in [-0.1, -0.05) is 0 Å². The molecule has 0 unspecified atom stereocenters. The van der Waals surface area contributed by atoms with E-state index in [-0.39, 0.29) is 11.5 Å². The molecule has 0 aliphatic carbocycles. The number of ketones is 1. The van der Waals surface area contributed by atoms with Crippen LogP contribution in [0.15, 0.2) is 12.1 Å². The minimum atomic E-state index is -0.142. The van der Waals surface area contributed by atoms with E-state index in [0.717, 1.165) is 24.9 Å². The van der Waals surface area contributed by atoms with E-state index >= 15 is 0 Å². The summed E-state index contributed by atoms with van der Waals surface area (Å²) in [5.41, 5.74) is 1.29. The molecule has 1 aromatic rings. The van der Waals surface area contributed by atoms with Crippen LogP contribution in [0.1, 0.15) is 42.6 Å². The lowest BCUT2D eigenvalue weighted by atomic mass is 10.0. The first-order valence-corrected chi connectivity index (χ1v) is 7.79. The predicted octanol–water partition coefficient (Wildman–Crippen LogP) is 2.60. The number of phenols is 1. The van der Waals surface area contributed by atoms with Crippen molar-refractivity contribution in [1.82, 2.24) is 4.90 Å². The number of carbonyl (C=O) groups is 1. The van der Waals surface area contributed by atoms with Gasteiger partial charge in [-0.25, -0.2) is 0 Å². The third kappa shape index (κ3) is 3.78. The average Bonchev–Trinajstić information content (AvgIpc) is 2.89. The Morgan fingerprint density at radius 2 is 2.23 bits per heavy atom. The molecule has 0 aromatic heterocycles. The molecule has 1 fully saturated rings. The van der Waals surface area contributed by atoms with Crippen molar-refractivity contribution in [2.75, 3.05) is 26.9 Å². The lowest BCUT2D eigenvalue weighted by Crippen LogP contribution is -2.32. The molecule has 1 aliphatic heterocycles. The Morgan fingerprint density at radius 1 is 1.45 bits per heavy atom. The van der Waals surface area contributed by atoms with Crippen LogP contribution in [0.4, 0.5) is 0 Å². The average molecular weight is 307 g/mol. The van der Waals surface area contributed by atoms with Gasteiger partial charge in [-0.2, -0.15) is 0 Å². The van der Waals surface area contributed by atoms with Gasteiger partial charge in [-0.15, -0.1) is 0 Å². The molecule has 1 aliphatic rings. The molecule has 122 valence electrons. The number of nitrogens with zero attached hydrogens (tertiary/aromatic N) is 1. The Morgan fingerprint density at radius 3 is 2.86 bits per heavy atom. The summed E-state index contributed by atoms with van der Waals surface area (Å²) >= 11 is 0. The van der Waals surface area contributed by atoms with Gasteiger partial charge in [0.2, 0.25) is 0 Å². The number of hydrogen-bond acceptors (Lipinski definition) is 5. The van der Waals surface area contributed by atoms with Gasteiger partial charge in [0.05, 0.1) is 18.8 Å². The van der Waals surface area contributed by atoms with Crippen LogP contribution in [0.25, 0.3) is 0 Å². The molecule has 5 heteroatoms. The number of ether oxygens (including phenoxy) is 2. The molecule has 2 rings (SSSR count). The summed E-state index contributed by atoms with van der Waals surface area (Å²) in [5, 5.41) is 9.98. The maximum Gasteiger partial charge on any atom is 0.163 e. The lowest BCUT2D eigenvalue weighted by Gasteiger charge is -2.25. The number of Topliss-reactive ketones (excluding diaryl/α,β-unsaturated/α-hetero) is 1. The number of aromatic hydroxyl groups is 1. The summed E-state index contributed by atoms with van der Waals surface area (Å²) in [5.74, 6) is 0.485. The fourth-order valence-corrected chi connectivity index (χ4v) is 3.01. The van der Waals surface area contributed by atoms with Crippen molar-refractivity contribution in [3.63, 3.8) is 0 Å². The maximum atomic E-state index is 11.7. The third-order valence-electron chi connectivity index (χ3n) is 4.09. The predicted molar refractivity (Wildman–Crippen MR) is 84.6 cm³/mol. The molecule has 0 radical (unpaired) electrons. The number of likely N-dealkylation sites (tertiary alicyclic amines) is 1. The van der Waals surface area contributed by atoms with Gasteiger partial charge in [0.1, 0.15) is 11.5 Å². The number of rotatable bonds is 7. The van der Waals surface area contributed by atoms with E-state index in [4.69, 9.17) is 9.47 Å². The van der Waals surface area contributed by atoms with Gasteiger partial charge in [0.25, 0.3) is 0 Å². The second-order valence-corrected chi connectivity index (χ2v) is 5.69. The molecule has 0 bridgehead atoms. The molecule has 0 spiro atoms. The summed E-state index contributed by atoms with van der Waals surface area (Å²) in [4.78, 5) is 14.0. The normalized spacial score (nSPS) is 18.6. The Balaban J connectivity index is 2.27. The van der Waals surface area contributed by atoms with Crippen LogP contribution < -0.4 is 4.74 Å². The molecule has 1 N–H and O–H groups in total. The summed E-state index contributed by atoms with van der Waals surface area (Å²) in [6.45, 7) is 6.31. The van der Waals surface area contributed by atoms with Crippen LogP contribution in [0, 0.1) is 0 Å². The first-order valence-electron chi connectivity index (χ1n) is 7.79. The highest BCUT2D eigenvalue weighted by Gasteiger charge is 2.26. The highest BCUT2D eigenvalue weighted by molar-refractivity contribution is 5.97. The minimum absolute atomic E-state index is 0.0189. The zero-order chi connectivity index (χ0) is 16.1. The zero-order valence-corrected chi connectivity index (χ0v) is 13.6. The number of hydrogen-bond donors (Lipinski definition) is 1. The Labute approximate surface area is 131 Å². The van der Waals surface area contributed by atoms with Gasteiger partial charge < -0.3 is 14.6 Å². The van der Waals surface area contributed by atoms with E-state index in [2.05, 4.69) is 4.90 Å². The van der Waals surface area contributed by atoms with E-state index < -0.39 is 0 Å². The number of benzene rings is 1. The molecule has 1 atom stereocenters. The number of phenolic OH excluding ortho intramolecular Hbond substituents is 1. The Hall–Kier alpha value is -1.59. The van der Waals surface area contributed by atoms with Crippen molar-refractivity contribution >= 4 is 5.78 Å². The van der Waals surface area contributed by atoms with E-state index in [1.165, 1.54) is 6.92 Å². The monoisotopic (exact) mass is 307 g/mol. The second kappa shape index (κ2) is 7.61. The SMILES string of the molecule is CCOc1cc(O)c(C(C)=O)cc1CN1CCC[C@H]1COC. The van der Waals surface area contributed by atoms with Crippen LogP contribution >= 0.6 is 0 Å². The summed E-state index contributed by atoms with van der Waals surface area (Å²) in [6, 6.07) is 3.70. The highest BCUT2D eigenvalue weighted by Crippen LogP contribution is 2.31. The van der Waals surface area contributed by atoms with Crippen LogP contribution in [-0.4, -0.2) is 48.7 Å². The number of methoxy groups -OCH3 is 1. The molecular formula is C17H25NO4. The van der Waals surface area contributed by atoms with Crippen molar-refractivity contribution in [3.05, 3.63) is 23.3 Å². The van der Waals surface area contributed by atoms with Crippen LogP contribution in [0.5, 0.6) is 11.5 Å². The van der Waals surface area contributed by atoms with Crippen molar-refractivity contribution in [3.8, 4) is 11.5 Å². The second-order valence-electron chi connectivity index (χ2n) is 5.69. The van der Waals surface area contributed by atoms with Crippen molar-refractivity contribution in [2.24, 2.45) is 0 Å². The first-order chi connectivity index (χ1) is 10.6. The molecule has 5 nitrogen and oxygen atoms in total. The minimum Gasteiger partial charge on any atom is -0.507 e. The van der Waals surface area contributed by atoms with Gasteiger partial charge in [0.15, 0.2) is 5.78 Å². The molecule has 1 aromatic carbocycles. The third-order valence-corrected chi connectivity index (χ3v) is 4.09. The van der Waals surface area contributed by atoms with Crippen LogP contribution in [0.2, 0.25) is 0 Å².